The molecule has 22 heavy (non-hydrogen) atoms. The molecule has 0 aromatic heterocycles. The predicted molar refractivity (Wildman–Crippen MR) is 95.9 cm³/mol. The van der Waals surface area contributed by atoms with Crippen molar-refractivity contribution in [3.05, 3.63) is 88.4 Å². The molecule has 0 atom stereocenters. The van der Waals surface area contributed by atoms with Crippen molar-refractivity contribution >= 4 is 40.3 Å². The molecule has 0 spiro atoms. The average molecular weight is 328 g/mol. The molecule has 0 radical (unpaired) electrons. The van der Waals surface area contributed by atoms with E-state index in [0.29, 0.717) is 0 Å². The fraction of sp³-hybridized carbons (Fsp3) is 0.0526. The molecule has 0 fully saturated rings. The summed E-state index contributed by atoms with van der Waals surface area (Å²) in [5.41, 5.74) is 4.43. The Hall–Kier alpha value is -1.96. The summed E-state index contributed by atoms with van der Waals surface area (Å²) in [7, 11) is 0. The largest absolute Gasteiger partial charge is 0.311 e. The number of hydrogen-bond donors (Lipinski definition) is 0. The maximum absolute atomic E-state index is 6.01. The summed E-state index contributed by atoms with van der Waals surface area (Å²) < 4.78 is 0. The quantitative estimate of drug-likeness (QED) is 0.513. The van der Waals surface area contributed by atoms with Crippen LogP contribution in [0.15, 0.2) is 72.8 Å². The lowest BCUT2D eigenvalue weighted by atomic mass is 10.1. The van der Waals surface area contributed by atoms with E-state index in [1.54, 1.807) is 0 Å². The fourth-order valence-electron chi connectivity index (χ4n) is 2.32. The highest BCUT2D eigenvalue weighted by molar-refractivity contribution is 6.31. The third-order valence-electron chi connectivity index (χ3n) is 3.46. The van der Waals surface area contributed by atoms with E-state index in [9.17, 15) is 0 Å². The highest BCUT2D eigenvalue weighted by Crippen LogP contribution is 2.35. The van der Waals surface area contributed by atoms with Gasteiger partial charge in [-0.1, -0.05) is 40.9 Å². The van der Waals surface area contributed by atoms with E-state index < -0.39 is 0 Å². The zero-order chi connectivity index (χ0) is 15.5. The lowest BCUT2D eigenvalue weighted by molar-refractivity contribution is 1.27. The Morgan fingerprint density at radius 1 is 0.545 bits per heavy atom. The minimum absolute atomic E-state index is 0.726. The molecule has 3 heteroatoms. The molecule has 0 aliphatic rings. The summed E-state index contributed by atoms with van der Waals surface area (Å²) in [4.78, 5) is 2.17. The van der Waals surface area contributed by atoms with Gasteiger partial charge in [-0.15, -0.1) is 0 Å². The molecular formula is C19H15Cl2N. The van der Waals surface area contributed by atoms with Crippen LogP contribution in [0.2, 0.25) is 10.0 Å². The third-order valence-corrected chi connectivity index (χ3v) is 3.97. The van der Waals surface area contributed by atoms with E-state index >= 15 is 0 Å². The number of hydrogen-bond acceptors (Lipinski definition) is 1. The lowest BCUT2D eigenvalue weighted by Gasteiger charge is -2.25. The smallest absolute Gasteiger partial charge is 0.0462 e. The molecule has 0 aliphatic heterocycles. The molecule has 3 aromatic rings. The van der Waals surface area contributed by atoms with Gasteiger partial charge in [0.25, 0.3) is 0 Å². The normalized spacial score (nSPS) is 10.5. The SMILES string of the molecule is Cc1ccc(N(c2ccc(Cl)cc2)c2ccc(Cl)cc2)cc1. The van der Waals surface area contributed by atoms with Gasteiger partial charge in [0.15, 0.2) is 0 Å². The third kappa shape index (κ3) is 3.27. The van der Waals surface area contributed by atoms with Crippen molar-refractivity contribution in [2.75, 3.05) is 4.90 Å². The van der Waals surface area contributed by atoms with E-state index in [2.05, 4.69) is 36.1 Å². The number of aryl methyl sites for hydroxylation is 1. The molecular weight excluding hydrogens is 313 g/mol. The van der Waals surface area contributed by atoms with Crippen LogP contribution in [0, 0.1) is 6.92 Å². The molecule has 0 saturated heterocycles. The zero-order valence-electron chi connectivity index (χ0n) is 12.1. The van der Waals surface area contributed by atoms with Crippen LogP contribution in [-0.2, 0) is 0 Å². The van der Waals surface area contributed by atoms with Crippen LogP contribution in [0.25, 0.3) is 0 Å². The van der Waals surface area contributed by atoms with Gasteiger partial charge in [-0.25, -0.2) is 0 Å². The Balaban J connectivity index is 2.10. The van der Waals surface area contributed by atoms with Crippen LogP contribution in [0.1, 0.15) is 5.56 Å². The van der Waals surface area contributed by atoms with Gasteiger partial charge in [0.2, 0.25) is 0 Å². The van der Waals surface area contributed by atoms with Crippen molar-refractivity contribution in [2.24, 2.45) is 0 Å². The minimum Gasteiger partial charge on any atom is -0.311 e. The second-order valence-electron chi connectivity index (χ2n) is 5.12. The molecule has 0 aliphatic carbocycles. The van der Waals surface area contributed by atoms with E-state index in [1.807, 2.05) is 48.5 Å². The first kappa shape index (κ1) is 15.0. The van der Waals surface area contributed by atoms with Gasteiger partial charge in [0.05, 0.1) is 0 Å². The summed E-state index contributed by atoms with van der Waals surface area (Å²) in [6, 6.07) is 24.1. The second kappa shape index (κ2) is 6.43. The lowest BCUT2D eigenvalue weighted by Crippen LogP contribution is -2.09. The number of benzene rings is 3. The molecule has 0 unspecified atom stereocenters. The summed E-state index contributed by atoms with van der Waals surface area (Å²) in [6.07, 6.45) is 0. The van der Waals surface area contributed by atoms with Crippen molar-refractivity contribution in [2.45, 2.75) is 6.92 Å². The standard InChI is InChI=1S/C19H15Cl2N/c1-14-2-8-17(9-3-14)22(18-10-4-15(20)5-11-18)19-12-6-16(21)7-13-19/h2-13H,1H3. The highest BCUT2D eigenvalue weighted by Gasteiger charge is 2.12. The second-order valence-corrected chi connectivity index (χ2v) is 6.00. The fourth-order valence-corrected chi connectivity index (χ4v) is 2.57. The van der Waals surface area contributed by atoms with Crippen molar-refractivity contribution in [3.63, 3.8) is 0 Å². The summed E-state index contributed by atoms with van der Waals surface area (Å²) >= 11 is 12.0. The number of nitrogens with zero attached hydrogens (tertiary/aromatic N) is 1. The molecule has 3 aromatic carbocycles. The van der Waals surface area contributed by atoms with Crippen LogP contribution in [0.5, 0.6) is 0 Å². The molecule has 0 heterocycles. The topological polar surface area (TPSA) is 3.24 Å². The molecule has 0 N–H and O–H groups in total. The molecule has 0 saturated carbocycles. The Kier molecular flexibility index (Phi) is 4.37. The monoisotopic (exact) mass is 327 g/mol. The van der Waals surface area contributed by atoms with Crippen LogP contribution < -0.4 is 4.90 Å². The molecule has 110 valence electrons. The van der Waals surface area contributed by atoms with E-state index in [1.165, 1.54) is 5.56 Å². The van der Waals surface area contributed by atoms with Crippen molar-refractivity contribution in [3.8, 4) is 0 Å². The molecule has 0 bridgehead atoms. The number of halogens is 2. The Morgan fingerprint density at radius 2 is 0.864 bits per heavy atom. The van der Waals surface area contributed by atoms with Crippen molar-refractivity contribution < 1.29 is 0 Å². The number of anilines is 3. The van der Waals surface area contributed by atoms with Crippen molar-refractivity contribution in [1.82, 2.24) is 0 Å². The van der Waals surface area contributed by atoms with Gasteiger partial charge in [-0.2, -0.15) is 0 Å². The maximum Gasteiger partial charge on any atom is 0.0462 e. The summed E-state index contributed by atoms with van der Waals surface area (Å²) in [5, 5.41) is 1.45. The predicted octanol–water partition coefficient (Wildman–Crippen LogP) is 6.77. The summed E-state index contributed by atoms with van der Waals surface area (Å²) in [6.45, 7) is 2.08. The first-order chi connectivity index (χ1) is 10.6. The van der Waals surface area contributed by atoms with Gasteiger partial charge >= 0.3 is 0 Å². The van der Waals surface area contributed by atoms with Crippen molar-refractivity contribution in [1.29, 1.82) is 0 Å². The van der Waals surface area contributed by atoms with E-state index in [-0.39, 0.29) is 0 Å². The zero-order valence-corrected chi connectivity index (χ0v) is 13.6. The summed E-state index contributed by atoms with van der Waals surface area (Å²) in [5.74, 6) is 0. The first-order valence-corrected chi connectivity index (χ1v) is 7.77. The number of rotatable bonds is 3. The van der Waals surface area contributed by atoms with Gasteiger partial charge < -0.3 is 4.90 Å². The van der Waals surface area contributed by atoms with E-state index in [0.717, 1.165) is 27.1 Å². The van der Waals surface area contributed by atoms with Crippen LogP contribution in [-0.4, -0.2) is 0 Å². The maximum atomic E-state index is 6.01. The highest BCUT2D eigenvalue weighted by atomic mass is 35.5. The van der Waals surface area contributed by atoms with Gasteiger partial charge in [-0.3, -0.25) is 0 Å². The van der Waals surface area contributed by atoms with Gasteiger partial charge in [0, 0.05) is 27.1 Å². The van der Waals surface area contributed by atoms with Gasteiger partial charge in [0.1, 0.15) is 0 Å². The van der Waals surface area contributed by atoms with E-state index in [4.69, 9.17) is 23.2 Å². The van der Waals surface area contributed by atoms with Crippen LogP contribution >= 0.6 is 23.2 Å². The Labute approximate surface area is 140 Å². The van der Waals surface area contributed by atoms with Crippen LogP contribution in [0.3, 0.4) is 0 Å². The van der Waals surface area contributed by atoms with Crippen LogP contribution in [0.4, 0.5) is 17.1 Å². The van der Waals surface area contributed by atoms with Gasteiger partial charge in [-0.05, 0) is 67.6 Å². The molecule has 3 rings (SSSR count). The first-order valence-electron chi connectivity index (χ1n) is 7.01. The minimum atomic E-state index is 0.726. The molecule has 1 nitrogen and oxygen atoms in total. The average Bonchev–Trinajstić information content (AvgIpc) is 2.53. The Bertz CT molecular complexity index is 639. The Morgan fingerprint density at radius 3 is 1.23 bits per heavy atom. The molecule has 0 amide bonds.